The summed E-state index contributed by atoms with van der Waals surface area (Å²) in [6, 6.07) is 0. The number of aliphatic hydroxyl groups is 3. The molecule has 0 radical (unpaired) electrons. The minimum absolute atomic E-state index is 0.00912. The minimum Gasteiger partial charge on any atom is -0.481 e. The van der Waals surface area contributed by atoms with E-state index in [1.165, 1.54) is 0 Å². The van der Waals surface area contributed by atoms with Crippen molar-refractivity contribution in [2.75, 3.05) is 6.61 Å². The molecule has 0 bridgehead atoms. The number of aliphatic carboxylic acids is 1. The van der Waals surface area contributed by atoms with Gasteiger partial charge in [-0.2, -0.15) is 0 Å². The molecule has 7 heteroatoms. The lowest BCUT2D eigenvalue weighted by Gasteiger charge is -2.59. The zero-order valence-corrected chi connectivity index (χ0v) is 18.5. The Balaban J connectivity index is 0.000000491. The number of hydrogen-bond donors (Lipinski definition) is 4. The normalized spacial score (nSPS) is 43.0. The number of allylic oxidation sites excluding steroid dienone is 4. The molecule has 4 aliphatic rings. The van der Waals surface area contributed by atoms with E-state index in [9.17, 15) is 29.7 Å². The molecule has 4 N–H and O–H groups in total. The molecule has 172 valence electrons. The van der Waals surface area contributed by atoms with Crippen LogP contribution in [-0.2, 0) is 14.4 Å². The topological polar surface area (TPSA) is 132 Å². The lowest BCUT2D eigenvalue weighted by molar-refractivity contribution is -0.178. The molecule has 0 aromatic carbocycles. The van der Waals surface area contributed by atoms with Crippen molar-refractivity contribution in [2.45, 2.75) is 71.0 Å². The maximum absolute atomic E-state index is 12.4. The summed E-state index contributed by atoms with van der Waals surface area (Å²) in [5.74, 6) is -0.972. The first-order valence-corrected chi connectivity index (χ1v) is 11.1. The fraction of sp³-hybridized carbons (Fsp3) is 0.708. The minimum atomic E-state index is -1.56. The summed E-state index contributed by atoms with van der Waals surface area (Å²) in [5, 5.41) is 39.4. The van der Waals surface area contributed by atoms with Crippen molar-refractivity contribution in [1.29, 1.82) is 0 Å². The molecule has 4 rings (SSSR count). The van der Waals surface area contributed by atoms with Crippen LogP contribution in [0.25, 0.3) is 0 Å². The summed E-state index contributed by atoms with van der Waals surface area (Å²) in [5.41, 5.74) is -1.54. The van der Waals surface area contributed by atoms with Gasteiger partial charge in [-0.1, -0.05) is 32.4 Å². The average molecular weight is 435 g/mol. The van der Waals surface area contributed by atoms with Crippen LogP contribution >= 0.6 is 0 Å². The smallest absolute Gasteiger partial charge is 0.303 e. The van der Waals surface area contributed by atoms with Gasteiger partial charge in [-0.05, 0) is 56.1 Å². The van der Waals surface area contributed by atoms with Gasteiger partial charge in [0.2, 0.25) is 0 Å². The van der Waals surface area contributed by atoms with E-state index in [1.807, 2.05) is 13.0 Å². The Morgan fingerprint density at radius 2 is 1.87 bits per heavy atom. The van der Waals surface area contributed by atoms with Gasteiger partial charge in [0, 0.05) is 23.2 Å². The number of carboxylic acids is 1. The summed E-state index contributed by atoms with van der Waals surface area (Å²) >= 11 is 0. The van der Waals surface area contributed by atoms with Gasteiger partial charge in [-0.15, -0.1) is 0 Å². The van der Waals surface area contributed by atoms with Crippen LogP contribution in [0.15, 0.2) is 23.8 Å². The van der Waals surface area contributed by atoms with E-state index in [0.717, 1.165) is 24.8 Å². The van der Waals surface area contributed by atoms with Crippen molar-refractivity contribution in [2.24, 2.45) is 28.6 Å². The zero-order chi connectivity index (χ0) is 23.2. The molecule has 0 saturated heterocycles. The molecule has 0 unspecified atom stereocenters. The van der Waals surface area contributed by atoms with Crippen molar-refractivity contribution < 1.29 is 34.8 Å². The number of ketones is 2. The molecule has 0 spiro atoms. The van der Waals surface area contributed by atoms with E-state index in [2.05, 4.69) is 6.92 Å². The summed E-state index contributed by atoms with van der Waals surface area (Å²) in [6.45, 7) is 4.94. The SMILES string of the molecule is CCC(=O)O.C[C@]12C=CC(=O)C=C1CC[C@@H]1[C@@H]2[C@@H](O)C[C@@]2(C)[C@H]1CC[C@]2(O)C(=O)CO. The van der Waals surface area contributed by atoms with Crippen LogP contribution in [0.5, 0.6) is 0 Å². The van der Waals surface area contributed by atoms with Crippen molar-refractivity contribution in [3.8, 4) is 0 Å². The standard InChI is InChI=1S/C21H28O5.C3H6O2/c1-19-7-5-13(23)9-12(19)3-4-14-15-6-8-21(26,17(25)11-22)20(15,2)10-16(24)18(14)19;1-2-3(4)5/h5,7,9,14-16,18,22,24,26H,3-4,6,8,10-11H2,1-2H3;2H2,1H3,(H,4,5)/t14-,15-,16-,18+,19-,20-,21-;/m0./s1. The van der Waals surface area contributed by atoms with Gasteiger partial charge in [-0.3, -0.25) is 14.4 Å². The predicted octanol–water partition coefficient (Wildman–Crippen LogP) is 2.04. The third kappa shape index (κ3) is 3.60. The van der Waals surface area contributed by atoms with Crippen molar-refractivity contribution >= 4 is 17.5 Å². The number of Topliss-reactive ketones (excluding diaryl/α,β-unsaturated/α-hetero) is 1. The molecule has 4 aliphatic carbocycles. The number of fused-ring (bicyclic) bond motifs is 5. The Morgan fingerprint density at radius 1 is 1.23 bits per heavy atom. The van der Waals surface area contributed by atoms with Gasteiger partial charge in [0.25, 0.3) is 0 Å². The lowest BCUT2D eigenvalue weighted by Crippen LogP contribution is -2.61. The van der Waals surface area contributed by atoms with Gasteiger partial charge < -0.3 is 20.4 Å². The third-order valence-electron chi connectivity index (χ3n) is 8.56. The van der Waals surface area contributed by atoms with Gasteiger partial charge in [0.1, 0.15) is 12.2 Å². The van der Waals surface area contributed by atoms with E-state index in [0.29, 0.717) is 12.8 Å². The van der Waals surface area contributed by atoms with Gasteiger partial charge in [0.05, 0.1) is 6.10 Å². The summed E-state index contributed by atoms with van der Waals surface area (Å²) in [4.78, 5) is 33.5. The molecule has 0 aromatic rings. The number of hydrogen-bond acceptors (Lipinski definition) is 6. The van der Waals surface area contributed by atoms with E-state index >= 15 is 0 Å². The maximum atomic E-state index is 12.4. The molecule has 7 atom stereocenters. The average Bonchev–Trinajstić information content (AvgIpc) is 2.99. The van der Waals surface area contributed by atoms with Crippen molar-refractivity contribution in [1.82, 2.24) is 0 Å². The Hall–Kier alpha value is -1.83. The second-order valence-electron chi connectivity index (χ2n) is 9.94. The molecular weight excluding hydrogens is 400 g/mol. The van der Waals surface area contributed by atoms with Crippen LogP contribution < -0.4 is 0 Å². The number of carbonyl (C=O) groups is 3. The second-order valence-corrected chi connectivity index (χ2v) is 9.94. The molecule has 0 amide bonds. The van der Waals surface area contributed by atoms with E-state index in [4.69, 9.17) is 5.11 Å². The zero-order valence-electron chi connectivity index (χ0n) is 18.5. The Labute approximate surface area is 182 Å². The number of aliphatic hydroxyl groups excluding tert-OH is 2. The number of rotatable bonds is 3. The number of carbonyl (C=O) groups excluding carboxylic acids is 2. The van der Waals surface area contributed by atoms with Crippen LogP contribution in [0, 0.1) is 28.6 Å². The van der Waals surface area contributed by atoms with Crippen LogP contribution in [-0.4, -0.2) is 56.3 Å². The van der Waals surface area contributed by atoms with Crippen LogP contribution in [0.3, 0.4) is 0 Å². The highest BCUT2D eigenvalue weighted by Gasteiger charge is 2.67. The van der Waals surface area contributed by atoms with Crippen LogP contribution in [0.1, 0.15) is 59.3 Å². The van der Waals surface area contributed by atoms with E-state index in [1.54, 1.807) is 19.1 Å². The van der Waals surface area contributed by atoms with Gasteiger partial charge in [0.15, 0.2) is 11.6 Å². The summed E-state index contributed by atoms with van der Waals surface area (Å²) in [6.07, 6.45) is 7.90. The predicted molar refractivity (Wildman–Crippen MR) is 113 cm³/mol. The monoisotopic (exact) mass is 434 g/mol. The second kappa shape index (κ2) is 8.26. The summed E-state index contributed by atoms with van der Waals surface area (Å²) in [7, 11) is 0. The summed E-state index contributed by atoms with van der Waals surface area (Å²) < 4.78 is 0. The lowest BCUT2D eigenvalue weighted by atomic mass is 9.46. The molecule has 0 heterocycles. The van der Waals surface area contributed by atoms with Gasteiger partial charge >= 0.3 is 5.97 Å². The molecule has 0 aromatic heterocycles. The first-order chi connectivity index (χ1) is 14.4. The van der Waals surface area contributed by atoms with Crippen molar-refractivity contribution in [3.63, 3.8) is 0 Å². The van der Waals surface area contributed by atoms with Crippen LogP contribution in [0.4, 0.5) is 0 Å². The molecule has 3 saturated carbocycles. The Morgan fingerprint density at radius 3 is 2.45 bits per heavy atom. The highest BCUT2D eigenvalue weighted by molar-refractivity contribution is 6.01. The molecule has 0 aliphatic heterocycles. The first kappa shape index (κ1) is 23.8. The maximum Gasteiger partial charge on any atom is 0.303 e. The molecular formula is C24H34O7. The van der Waals surface area contributed by atoms with Gasteiger partial charge in [-0.25, -0.2) is 0 Å². The largest absolute Gasteiger partial charge is 0.481 e. The van der Waals surface area contributed by atoms with Crippen LogP contribution in [0.2, 0.25) is 0 Å². The van der Waals surface area contributed by atoms with Crippen molar-refractivity contribution in [3.05, 3.63) is 23.8 Å². The fourth-order valence-corrected chi connectivity index (χ4v) is 6.92. The first-order valence-electron chi connectivity index (χ1n) is 11.1. The molecule has 3 fully saturated rings. The Kier molecular flexibility index (Phi) is 6.35. The highest BCUT2D eigenvalue weighted by Crippen LogP contribution is 2.67. The fourth-order valence-electron chi connectivity index (χ4n) is 6.92. The number of carboxylic acid groups (broad SMARTS) is 1. The Bertz CT molecular complexity index is 830. The van der Waals surface area contributed by atoms with E-state index < -0.39 is 35.5 Å². The quantitative estimate of drug-likeness (QED) is 0.534. The van der Waals surface area contributed by atoms with E-state index in [-0.39, 0.29) is 35.4 Å². The third-order valence-corrected chi connectivity index (χ3v) is 8.56. The molecule has 31 heavy (non-hydrogen) atoms. The highest BCUT2D eigenvalue weighted by atomic mass is 16.4. The molecule has 7 nitrogen and oxygen atoms in total.